The number of nitrogens with two attached hydrogens (primary N) is 1. The third kappa shape index (κ3) is 2.42. The van der Waals surface area contributed by atoms with Crippen LogP contribution in [0, 0.1) is 0 Å². The summed E-state index contributed by atoms with van der Waals surface area (Å²) in [6.07, 6.45) is 4.92. The molecule has 0 aromatic carbocycles. The number of nitrogen functional groups attached to an aromatic ring is 1. The standard InChI is InChI=1S/C14H21N3O/c1-10(2)17-9-12(15)8-13(17)14(18)16-6-4-11(3)5-7-16/h4,8-10H,5-7,15H2,1-3H3. The summed E-state index contributed by atoms with van der Waals surface area (Å²) < 4.78 is 1.95. The lowest BCUT2D eigenvalue weighted by Gasteiger charge is -2.26. The van der Waals surface area contributed by atoms with Crippen molar-refractivity contribution in [2.75, 3.05) is 18.8 Å². The Labute approximate surface area is 108 Å². The maximum absolute atomic E-state index is 12.5. The number of rotatable bonds is 2. The van der Waals surface area contributed by atoms with Gasteiger partial charge in [0.15, 0.2) is 0 Å². The zero-order valence-corrected chi connectivity index (χ0v) is 11.3. The lowest BCUT2D eigenvalue weighted by molar-refractivity contribution is 0.0756. The number of carbonyl (C=O) groups excluding carboxylic acids is 1. The quantitative estimate of drug-likeness (QED) is 0.816. The van der Waals surface area contributed by atoms with Crippen molar-refractivity contribution in [3.63, 3.8) is 0 Å². The van der Waals surface area contributed by atoms with Crippen molar-refractivity contribution in [1.82, 2.24) is 9.47 Å². The lowest BCUT2D eigenvalue weighted by Crippen LogP contribution is -2.35. The van der Waals surface area contributed by atoms with Gasteiger partial charge in [-0.3, -0.25) is 4.79 Å². The molecule has 98 valence electrons. The number of anilines is 1. The Kier molecular flexibility index (Phi) is 3.45. The van der Waals surface area contributed by atoms with Gasteiger partial charge in [0, 0.05) is 25.3 Å². The van der Waals surface area contributed by atoms with Crippen LogP contribution in [0.1, 0.15) is 43.7 Å². The van der Waals surface area contributed by atoms with Crippen LogP contribution in [-0.4, -0.2) is 28.5 Å². The van der Waals surface area contributed by atoms with E-state index in [9.17, 15) is 4.79 Å². The predicted octanol–water partition coefficient (Wildman–Crippen LogP) is 2.44. The first-order valence-electron chi connectivity index (χ1n) is 6.41. The molecule has 2 rings (SSSR count). The highest BCUT2D eigenvalue weighted by atomic mass is 16.2. The molecular weight excluding hydrogens is 226 g/mol. The molecule has 1 aromatic heterocycles. The fourth-order valence-electron chi connectivity index (χ4n) is 2.22. The van der Waals surface area contributed by atoms with E-state index in [2.05, 4.69) is 26.8 Å². The van der Waals surface area contributed by atoms with Crippen LogP contribution in [0.5, 0.6) is 0 Å². The van der Waals surface area contributed by atoms with Crippen molar-refractivity contribution in [3.8, 4) is 0 Å². The van der Waals surface area contributed by atoms with Crippen LogP contribution in [0.25, 0.3) is 0 Å². The molecule has 0 aliphatic carbocycles. The Morgan fingerprint density at radius 3 is 2.72 bits per heavy atom. The highest BCUT2D eigenvalue weighted by Gasteiger charge is 2.21. The van der Waals surface area contributed by atoms with Gasteiger partial charge in [0.25, 0.3) is 5.91 Å². The van der Waals surface area contributed by atoms with Crippen LogP contribution in [0.3, 0.4) is 0 Å². The van der Waals surface area contributed by atoms with Crippen molar-refractivity contribution in [1.29, 1.82) is 0 Å². The maximum atomic E-state index is 12.5. The molecule has 1 aliphatic rings. The fraction of sp³-hybridized carbons (Fsp3) is 0.500. The normalized spacial score (nSPS) is 16.0. The predicted molar refractivity (Wildman–Crippen MR) is 73.5 cm³/mol. The molecule has 0 fully saturated rings. The highest BCUT2D eigenvalue weighted by Crippen LogP contribution is 2.20. The number of aromatic nitrogens is 1. The summed E-state index contributed by atoms with van der Waals surface area (Å²) in [6.45, 7) is 7.71. The summed E-state index contributed by atoms with van der Waals surface area (Å²) in [5.74, 6) is 0.0733. The van der Waals surface area contributed by atoms with Gasteiger partial charge in [-0.2, -0.15) is 0 Å². The van der Waals surface area contributed by atoms with E-state index in [1.807, 2.05) is 15.7 Å². The van der Waals surface area contributed by atoms with Crippen molar-refractivity contribution in [2.45, 2.75) is 33.2 Å². The second-order valence-corrected chi connectivity index (χ2v) is 5.21. The first-order chi connectivity index (χ1) is 8.49. The number of amides is 1. The summed E-state index contributed by atoms with van der Waals surface area (Å²) in [5.41, 5.74) is 8.50. The maximum Gasteiger partial charge on any atom is 0.270 e. The van der Waals surface area contributed by atoms with Crippen LogP contribution in [-0.2, 0) is 0 Å². The van der Waals surface area contributed by atoms with E-state index in [0.29, 0.717) is 17.9 Å². The minimum atomic E-state index is 0.0733. The number of hydrogen-bond donors (Lipinski definition) is 1. The van der Waals surface area contributed by atoms with Crippen LogP contribution in [0.15, 0.2) is 23.9 Å². The Bertz CT molecular complexity index is 485. The van der Waals surface area contributed by atoms with E-state index in [-0.39, 0.29) is 11.9 Å². The lowest BCUT2D eigenvalue weighted by atomic mass is 10.1. The summed E-state index contributed by atoms with van der Waals surface area (Å²) in [4.78, 5) is 14.3. The van der Waals surface area contributed by atoms with Gasteiger partial charge in [-0.25, -0.2) is 0 Å². The van der Waals surface area contributed by atoms with Crippen molar-refractivity contribution < 1.29 is 4.79 Å². The molecule has 0 atom stereocenters. The topological polar surface area (TPSA) is 51.3 Å². The monoisotopic (exact) mass is 247 g/mol. The molecule has 0 saturated heterocycles. The molecule has 4 nitrogen and oxygen atoms in total. The minimum absolute atomic E-state index is 0.0733. The highest BCUT2D eigenvalue weighted by molar-refractivity contribution is 5.94. The van der Waals surface area contributed by atoms with E-state index >= 15 is 0 Å². The van der Waals surface area contributed by atoms with E-state index in [1.165, 1.54) is 5.57 Å². The van der Waals surface area contributed by atoms with Gasteiger partial charge in [0.2, 0.25) is 0 Å². The molecular formula is C14H21N3O. The van der Waals surface area contributed by atoms with Gasteiger partial charge < -0.3 is 15.2 Å². The van der Waals surface area contributed by atoms with Gasteiger partial charge in [-0.1, -0.05) is 11.6 Å². The second-order valence-electron chi connectivity index (χ2n) is 5.21. The molecule has 0 bridgehead atoms. The first kappa shape index (κ1) is 12.7. The molecule has 0 radical (unpaired) electrons. The smallest absolute Gasteiger partial charge is 0.270 e. The van der Waals surface area contributed by atoms with Gasteiger partial charge in [-0.15, -0.1) is 0 Å². The average molecular weight is 247 g/mol. The largest absolute Gasteiger partial charge is 0.397 e. The van der Waals surface area contributed by atoms with E-state index < -0.39 is 0 Å². The zero-order valence-electron chi connectivity index (χ0n) is 11.3. The van der Waals surface area contributed by atoms with E-state index in [1.54, 1.807) is 6.07 Å². The molecule has 4 heteroatoms. The third-order valence-corrected chi connectivity index (χ3v) is 3.37. The first-order valence-corrected chi connectivity index (χ1v) is 6.41. The Morgan fingerprint density at radius 1 is 1.44 bits per heavy atom. The summed E-state index contributed by atoms with van der Waals surface area (Å²) in [5, 5.41) is 0. The average Bonchev–Trinajstić information content (AvgIpc) is 2.71. The van der Waals surface area contributed by atoms with Crippen molar-refractivity contribution >= 4 is 11.6 Å². The van der Waals surface area contributed by atoms with E-state index in [4.69, 9.17) is 5.73 Å². The van der Waals surface area contributed by atoms with Gasteiger partial charge in [0.05, 0.1) is 5.69 Å². The van der Waals surface area contributed by atoms with Crippen LogP contribution in [0.2, 0.25) is 0 Å². The van der Waals surface area contributed by atoms with Crippen LogP contribution in [0.4, 0.5) is 5.69 Å². The minimum Gasteiger partial charge on any atom is -0.397 e. The molecule has 2 heterocycles. The molecule has 0 spiro atoms. The zero-order chi connectivity index (χ0) is 13.3. The van der Waals surface area contributed by atoms with E-state index in [0.717, 1.165) is 13.0 Å². The molecule has 1 amide bonds. The Morgan fingerprint density at radius 2 is 2.17 bits per heavy atom. The summed E-state index contributed by atoms with van der Waals surface area (Å²) in [6, 6.07) is 2.01. The van der Waals surface area contributed by atoms with Crippen molar-refractivity contribution in [2.24, 2.45) is 0 Å². The molecule has 1 aromatic rings. The Balaban J connectivity index is 2.24. The molecule has 0 unspecified atom stereocenters. The SMILES string of the molecule is CC1=CCN(C(=O)c2cc(N)cn2C(C)C)CC1. The second kappa shape index (κ2) is 4.88. The molecule has 18 heavy (non-hydrogen) atoms. The number of nitrogens with zero attached hydrogens (tertiary/aromatic N) is 2. The summed E-state index contributed by atoms with van der Waals surface area (Å²) >= 11 is 0. The van der Waals surface area contributed by atoms with Gasteiger partial charge >= 0.3 is 0 Å². The van der Waals surface area contributed by atoms with Crippen molar-refractivity contribution in [3.05, 3.63) is 29.6 Å². The molecule has 1 aliphatic heterocycles. The molecule has 0 saturated carbocycles. The van der Waals surface area contributed by atoms with Crippen LogP contribution >= 0.6 is 0 Å². The third-order valence-electron chi connectivity index (χ3n) is 3.37. The van der Waals surface area contributed by atoms with Gasteiger partial charge in [0.1, 0.15) is 5.69 Å². The fourth-order valence-corrected chi connectivity index (χ4v) is 2.22. The summed E-state index contributed by atoms with van der Waals surface area (Å²) in [7, 11) is 0. The number of carbonyl (C=O) groups is 1. The van der Waals surface area contributed by atoms with Crippen LogP contribution < -0.4 is 5.73 Å². The molecule has 2 N–H and O–H groups in total. The van der Waals surface area contributed by atoms with Gasteiger partial charge in [-0.05, 0) is 33.3 Å². The number of hydrogen-bond acceptors (Lipinski definition) is 2. The Hall–Kier alpha value is -1.71.